The predicted octanol–water partition coefficient (Wildman–Crippen LogP) is 0.807. The number of fused-ring (bicyclic) bond motifs is 1. The number of nitrogens with two attached hydrogens (primary N) is 1. The molecule has 4 N–H and O–H groups in total. The van der Waals surface area contributed by atoms with Crippen molar-refractivity contribution < 1.29 is 14.4 Å². The maximum atomic E-state index is 13.1. The molecule has 2 aliphatic heterocycles. The normalized spacial score (nSPS) is 28.3. The molecule has 3 atom stereocenters. The third-order valence-corrected chi connectivity index (χ3v) is 6.01. The van der Waals surface area contributed by atoms with Gasteiger partial charge in [0.15, 0.2) is 0 Å². The smallest absolute Gasteiger partial charge is 0.255 e. The van der Waals surface area contributed by atoms with Crippen LogP contribution >= 0.6 is 0 Å². The van der Waals surface area contributed by atoms with E-state index in [0.29, 0.717) is 25.1 Å². The van der Waals surface area contributed by atoms with Gasteiger partial charge in [-0.2, -0.15) is 0 Å². The van der Waals surface area contributed by atoms with Crippen LogP contribution in [0.1, 0.15) is 60.0 Å². The summed E-state index contributed by atoms with van der Waals surface area (Å²) in [5.41, 5.74) is 8.80. The highest BCUT2D eigenvalue weighted by atomic mass is 16.2. The molecule has 2 heterocycles. The summed E-state index contributed by atoms with van der Waals surface area (Å²) in [4.78, 5) is 38.3. The summed E-state index contributed by atoms with van der Waals surface area (Å²) in [5, 5.41) is 5.87. The zero-order valence-corrected chi connectivity index (χ0v) is 15.4. The minimum absolute atomic E-state index is 0.121. The van der Waals surface area contributed by atoms with Gasteiger partial charge in [-0.1, -0.05) is 31.0 Å². The second-order valence-corrected chi connectivity index (χ2v) is 7.79. The highest BCUT2D eigenvalue weighted by molar-refractivity contribution is 6.05. The van der Waals surface area contributed by atoms with Crippen LogP contribution in [0.25, 0.3) is 0 Å². The Hall–Kier alpha value is -2.25. The zero-order chi connectivity index (χ0) is 19.0. The minimum Gasteiger partial charge on any atom is -0.326 e. The third kappa shape index (κ3) is 3.49. The number of amides is 3. The molecular weight excluding hydrogens is 344 g/mol. The molecule has 1 saturated heterocycles. The van der Waals surface area contributed by atoms with Crippen LogP contribution in [0, 0.1) is 0 Å². The van der Waals surface area contributed by atoms with Gasteiger partial charge in [-0.25, -0.2) is 0 Å². The Labute approximate surface area is 158 Å². The Bertz CT molecular complexity index is 778. The van der Waals surface area contributed by atoms with Gasteiger partial charge >= 0.3 is 0 Å². The van der Waals surface area contributed by atoms with Crippen molar-refractivity contribution in [1.29, 1.82) is 0 Å². The lowest BCUT2D eigenvalue weighted by atomic mass is 9.90. The third-order valence-electron chi connectivity index (χ3n) is 6.01. The van der Waals surface area contributed by atoms with Crippen LogP contribution in [0.2, 0.25) is 0 Å². The molecule has 4 rings (SSSR count). The molecule has 7 heteroatoms. The Morgan fingerprint density at radius 2 is 1.96 bits per heavy atom. The molecule has 1 aliphatic carbocycles. The number of imide groups is 1. The van der Waals surface area contributed by atoms with E-state index < -0.39 is 6.04 Å². The number of hydrogen-bond donors (Lipinski definition) is 3. The zero-order valence-electron chi connectivity index (χ0n) is 15.4. The van der Waals surface area contributed by atoms with E-state index in [2.05, 4.69) is 10.6 Å². The molecule has 0 radical (unpaired) electrons. The van der Waals surface area contributed by atoms with Gasteiger partial charge in [0.05, 0.1) is 0 Å². The lowest BCUT2D eigenvalue weighted by molar-refractivity contribution is -0.136. The molecule has 144 valence electrons. The summed E-state index contributed by atoms with van der Waals surface area (Å²) in [6.45, 7) is 1.01. The van der Waals surface area contributed by atoms with E-state index in [1.807, 2.05) is 18.2 Å². The molecule has 3 amide bonds. The molecule has 0 spiro atoms. The SMILES string of the molecule is N[C@@H]1CCCC[C@H]1NCc1cccc2c1C(=O)N(C1CCC(=O)NC1=O)C2. The highest BCUT2D eigenvalue weighted by Gasteiger charge is 2.40. The van der Waals surface area contributed by atoms with E-state index in [4.69, 9.17) is 5.73 Å². The van der Waals surface area contributed by atoms with Gasteiger partial charge < -0.3 is 16.0 Å². The molecule has 27 heavy (non-hydrogen) atoms. The van der Waals surface area contributed by atoms with Crippen molar-refractivity contribution in [3.63, 3.8) is 0 Å². The van der Waals surface area contributed by atoms with Gasteiger partial charge in [-0.05, 0) is 30.4 Å². The number of rotatable bonds is 4. The van der Waals surface area contributed by atoms with Crippen molar-refractivity contribution in [1.82, 2.24) is 15.5 Å². The largest absolute Gasteiger partial charge is 0.326 e. The fourth-order valence-electron chi connectivity index (χ4n) is 4.49. The quantitative estimate of drug-likeness (QED) is 0.680. The summed E-state index contributed by atoms with van der Waals surface area (Å²) in [7, 11) is 0. The number of carbonyl (C=O) groups excluding carboxylic acids is 3. The number of benzene rings is 1. The summed E-state index contributed by atoms with van der Waals surface area (Å²) in [6.07, 6.45) is 5.11. The molecule has 0 bridgehead atoms. The van der Waals surface area contributed by atoms with E-state index in [0.717, 1.165) is 24.0 Å². The average Bonchev–Trinajstić information content (AvgIpc) is 2.98. The standard InChI is InChI=1S/C20H26N4O3/c21-14-6-1-2-7-15(14)22-10-12-4-3-5-13-11-24(20(27)18(12)13)16-8-9-17(25)23-19(16)26/h3-5,14-16,22H,1-2,6-11,21H2,(H,23,25,26)/t14-,15-,16?/m1/s1. The van der Waals surface area contributed by atoms with E-state index >= 15 is 0 Å². The number of hydrogen-bond acceptors (Lipinski definition) is 5. The molecular formula is C20H26N4O3. The van der Waals surface area contributed by atoms with Gasteiger partial charge in [-0.15, -0.1) is 0 Å². The van der Waals surface area contributed by atoms with E-state index in [1.54, 1.807) is 4.90 Å². The fraction of sp³-hybridized carbons (Fsp3) is 0.550. The second-order valence-electron chi connectivity index (χ2n) is 7.79. The van der Waals surface area contributed by atoms with Crippen molar-refractivity contribution >= 4 is 17.7 Å². The van der Waals surface area contributed by atoms with Crippen LogP contribution in [-0.4, -0.2) is 40.7 Å². The first-order valence-corrected chi connectivity index (χ1v) is 9.79. The van der Waals surface area contributed by atoms with Gasteiger partial charge in [0, 0.05) is 37.2 Å². The number of nitrogens with zero attached hydrogens (tertiary/aromatic N) is 1. The lowest BCUT2D eigenvalue weighted by Gasteiger charge is -2.30. The minimum atomic E-state index is -0.574. The highest BCUT2D eigenvalue weighted by Crippen LogP contribution is 2.30. The van der Waals surface area contributed by atoms with Crippen molar-refractivity contribution in [2.75, 3.05) is 0 Å². The monoisotopic (exact) mass is 370 g/mol. The van der Waals surface area contributed by atoms with E-state index in [1.165, 1.54) is 12.8 Å². The Morgan fingerprint density at radius 1 is 1.15 bits per heavy atom. The van der Waals surface area contributed by atoms with Gasteiger partial charge in [0.25, 0.3) is 5.91 Å². The van der Waals surface area contributed by atoms with Crippen LogP contribution in [0.4, 0.5) is 0 Å². The summed E-state index contributed by atoms with van der Waals surface area (Å²) < 4.78 is 0. The topological polar surface area (TPSA) is 105 Å². The van der Waals surface area contributed by atoms with Crippen LogP contribution < -0.4 is 16.4 Å². The Balaban J connectivity index is 1.49. The summed E-state index contributed by atoms with van der Waals surface area (Å²) in [5.74, 6) is -0.765. The maximum absolute atomic E-state index is 13.1. The Morgan fingerprint density at radius 3 is 2.74 bits per heavy atom. The molecule has 3 aliphatic rings. The number of nitrogens with one attached hydrogen (secondary N) is 2. The van der Waals surface area contributed by atoms with Crippen LogP contribution in [0.5, 0.6) is 0 Å². The van der Waals surface area contributed by atoms with Crippen molar-refractivity contribution in [2.45, 2.75) is 69.7 Å². The van der Waals surface area contributed by atoms with Crippen molar-refractivity contribution in [2.24, 2.45) is 5.73 Å². The van der Waals surface area contributed by atoms with Crippen LogP contribution in [-0.2, 0) is 22.7 Å². The van der Waals surface area contributed by atoms with E-state index in [-0.39, 0.29) is 36.2 Å². The van der Waals surface area contributed by atoms with E-state index in [9.17, 15) is 14.4 Å². The number of carbonyl (C=O) groups is 3. The first kappa shape index (κ1) is 18.1. The van der Waals surface area contributed by atoms with Gasteiger partial charge in [0.2, 0.25) is 11.8 Å². The molecule has 1 aromatic carbocycles. The second kappa shape index (κ2) is 7.40. The molecule has 7 nitrogen and oxygen atoms in total. The average molecular weight is 370 g/mol. The van der Waals surface area contributed by atoms with Crippen LogP contribution in [0.15, 0.2) is 18.2 Å². The molecule has 1 aromatic rings. The van der Waals surface area contributed by atoms with Gasteiger partial charge in [0.1, 0.15) is 6.04 Å². The fourth-order valence-corrected chi connectivity index (χ4v) is 4.49. The predicted molar refractivity (Wildman–Crippen MR) is 99.6 cm³/mol. The maximum Gasteiger partial charge on any atom is 0.255 e. The Kier molecular flexibility index (Phi) is 4.97. The molecule has 1 unspecified atom stereocenters. The summed E-state index contributed by atoms with van der Waals surface area (Å²) >= 11 is 0. The first-order valence-electron chi connectivity index (χ1n) is 9.79. The molecule has 1 saturated carbocycles. The first-order chi connectivity index (χ1) is 13.0. The van der Waals surface area contributed by atoms with Crippen molar-refractivity contribution in [3.8, 4) is 0 Å². The van der Waals surface area contributed by atoms with Gasteiger partial charge in [-0.3, -0.25) is 19.7 Å². The molecule has 2 fully saturated rings. The van der Waals surface area contributed by atoms with Crippen molar-refractivity contribution in [3.05, 3.63) is 34.9 Å². The lowest BCUT2D eigenvalue weighted by Crippen LogP contribution is -2.52. The number of piperidine rings is 1. The van der Waals surface area contributed by atoms with Crippen LogP contribution in [0.3, 0.4) is 0 Å². The summed E-state index contributed by atoms with van der Waals surface area (Å²) in [6, 6.07) is 5.72. The molecule has 0 aromatic heterocycles.